The van der Waals surface area contributed by atoms with Gasteiger partial charge in [0.1, 0.15) is 5.60 Å². The first kappa shape index (κ1) is 19.1. The summed E-state index contributed by atoms with van der Waals surface area (Å²) >= 11 is 3.53. The molecule has 0 aliphatic rings. The molecule has 0 saturated carbocycles. The van der Waals surface area contributed by atoms with Gasteiger partial charge in [-0.15, -0.1) is 0 Å². The molecule has 0 saturated heterocycles. The van der Waals surface area contributed by atoms with Gasteiger partial charge in [-0.1, -0.05) is 103 Å². The van der Waals surface area contributed by atoms with Crippen LogP contribution in [0.1, 0.15) is 31.9 Å². The van der Waals surface area contributed by atoms with E-state index in [1.54, 1.807) is 0 Å². The van der Waals surface area contributed by atoms with Crippen LogP contribution >= 0.6 is 15.9 Å². The molecule has 0 amide bonds. The minimum Gasteiger partial charge on any atom is -0.405 e. The summed E-state index contributed by atoms with van der Waals surface area (Å²) in [5, 5.41) is 0. The van der Waals surface area contributed by atoms with Crippen LogP contribution in [0.25, 0.3) is 11.1 Å². The van der Waals surface area contributed by atoms with Crippen molar-refractivity contribution in [1.29, 1.82) is 0 Å². The van der Waals surface area contributed by atoms with Gasteiger partial charge in [0.15, 0.2) is 0 Å². The summed E-state index contributed by atoms with van der Waals surface area (Å²) in [6.45, 7) is 6.62. The van der Waals surface area contributed by atoms with E-state index < -0.39 is 5.60 Å². The molecule has 0 aromatic heterocycles. The molecule has 0 aliphatic carbocycles. The zero-order chi connectivity index (χ0) is 18.8. The largest absolute Gasteiger partial charge is 0.405 e. The Bertz CT molecular complexity index is 869. The summed E-state index contributed by atoms with van der Waals surface area (Å²) in [7, 11) is 3.45. The number of benzene rings is 3. The van der Waals surface area contributed by atoms with Crippen molar-refractivity contribution in [2.24, 2.45) is 5.41 Å². The van der Waals surface area contributed by atoms with E-state index in [0.29, 0.717) is 0 Å². The fourth-order valence-corrected chi connectivity index (χ4v) is 4.40. The Kier molecular flexibility index (Phi) is 5.52. The molecule has 3 heteroatoms. The second-order valence-corrected chi connectivity index (χ2v) is 8.57. The van der Waals surface area contributed by atoms with E-state index in [2.05, 4.69) is 120 Å². The van der Waals surface area contributed by atoms with E-state index >= 15 is 0 Å². The Morgan fingerprint density at radius 1 is 0.769 bits per heavy atom. The quantitative estimate of drug-likeness (QED) is 0.436. The van der Waals surface area contributed by atoms with Crippen LogP contribution in [0.3, 0.4) is 0 Å². The van der Waals surface area contributed by atoms with Gasteiger partial charge in [0.05, 0.1) is 0 Å². The van der Waals surface area contributed by atoms with Crippen LogP contribution in [0.15, 0.2) is 83.3 Å². The first-order valence-corrected chi connectivity index (χ1v) is 9.86. The third-order valence-corrected chi connectivity index (χ3v) is 5.69. The third-order valence-electron chi connectivity index (χ3n) is 4.85. The Balaban J connectivity index is 2.32. The normalized spacial score (nSPS) is 14.0. The van der Waals surface area contributed by atoms with Crippen LogP contribution in [0, 0.1) is 5.41 Å². The molecule has 1 nitrogen and oxygen atoms in total. The maximum absolute atomic E-state index is 6.16. The van der Waals surface area contributed by atoms with Crippen molar-refractivity contribution in [1.82, 2.24) is 0 Å². The average Bonchev–Trinajstić information content (AvgIpc) is 2.64. The van der Waals surface area contributed by atoms with E-state index in [1.165, 1.54) is 0 Å². The maximum atomic E-state index is 6.16. The standard InChI is InChI=1S/C23H22BrOSi/c1-22(2,3)23(25-26,18-9-5-4-6-10-18)21-12-8-7-11-20(21)17-13-15-19(24)16-14-17/h4-16H,1-3H3. The fraction of sp³-hybridized carbons (Fsp3) is 0.217. The lowest BCUT2D eigenvalue weighted by molar-refractivity contribution is 0.00728. The van der Waals surface area contributed by atoms with Gasteiger partial charge >= 0.3 is 0 Å². The first-order chi connectivity index (χ1) is 12.4. The number of hydrogen-bond acceptors (Lipinski definition) is 1. The highest BCUT2D eigenvalue weighted by molar-refractivity contribution is 9.10. The van der Waals surface area contributed by atoms with Gasteiger partial charge in [-0.3, -0.25) is 0 Å². The lowest BCUT2D eigenvalue weighted by atomic mass is 9.67. The first-order valence-electron chi connectivity index (χ1n) is 8.66. The SMILES string of the molecule is CC(C)(C)C(O[Si])(c1ccccc1)c1ccccc1-c1ccc(Br)cc1. The van der Waals surface area contributed by atoms with Gasteiger partial charge in [-0.2, -0.15) is 0 Å². The third kappa shape index (κ3) is 3.31. The van der Waals surface area contributed by atoms with Crippen LogP contribution in [0.5, 0.6) is 0 Å². The van der Waals surface area contributed by atoms with Crippen molar-refractivity contribution >= 4 is 26.4 Å². The molecule has 0 heterocycles. The van der Waals surface area contributed by atoms with E-state index in [1.807, 2.05) is 6.07 Å². The molecular weight excluding hydrogens is 400 g/mol. The van der Waals surface area contributed by atoms with Crippen LogP contribution < -0.4 is 0 Å². The Labute approximate surface area is 168 Å². The lowest BCUT2D eigenvalue weighted by Gasteiger charge is -2.46. The molecule has 131 valence electrons. The molecule has 3 rings (SSSR count). The molecular formula is C23H22BrOSi. The summed E-state index contributed by atoms with van der Waals surface area (Å²) in [6, 6.07) is 27.3. The Morgan fingerprint density at radius 3 is 1.92 bits per heavy atom. The molecule has 1 atom stereocenters. The molecule has 0 fully saturated rings. The molecule has 0 bridgehead atoms. The zero-order valence-corrected chi connectivity index (χ0v) is 17.9. The highest BCUT2D eigenvalue weighted by Gasteiger charge is 2.46. The average molecular weight is 422 g/mol. The van der Waals surface area contributed by atoms with Crippen molar-refractivity contribution in [3.63, 3.8) is 0 Å². The predicted octanol–water partition coefficient (Wildman–Crippen LogP) is 6.51. The summed E-state index contributed by atoms with van der Waals surface area (Å²) in [5.74, 6) is 0. The van der Waals surface area contributed by atoms with E-state index in [0.717, 1.165) is 26.7 Å². The van der Waals surface area contributed by atoms with Crippen LogP contribution in [-0.4, -0.2) is 10.5 Å². The smallest absolute Gasteiger partial charge is 0.248 e. The van der Waals surface area contributed by atoms with E-state index in [4.69, 9.17) is 4.43 Å². The van der Waals surface area contributed by atoms with Crippen molar-refractivity contribution in [3.05, 3.63) is 94.5 Å². The summed E-state index contributed by atoms with van der Waals surface area (Å²) in [6.07, 6.45) is 0. The minimum atomic E-state index is -0.644. The summed E-state index contributed by atoms with van der Waals surface area (Å²) in [4.78, 5) is 0. The molecule has 3 radical (unpaired) electrons. The topological polar surface area (TPSA) is 9.23 Å². The Hall–Kier alpha value is -1.68. The van der Waals surface area contributed by atoms with Crippen LogP contribution in [-0.2, 0) is 10.0 Å². The van der Waals surface area contributed by atoms with Gasteiger partial charge in [0, 0.05) is 4.47 Å². The minimum absolute atomic E-state index is 0.193. The van der Waals surface area contributed by atoms with Crippen molar-refractivity contribution in [2.45, 2.75) is 26.4 Å². The van der Waals surface area contributed by atoms with Crippen LogP contribution in [0.2, 0.25) is 0 Å². The highest BCUT2D eigenvalue weighted by atomic mass is 79.9. The molecule has 3 aromatic rings. The van der Waals surface area contributed by atoms with Crippen molar-refractivity contribution in [2.75, 3.05) is 0 Å². The molecule has 26 heavy (non-hydrogen) atoms. The molecule has 0 spiro atoms. The van der Waals surface area contributed by atoms with E-state index in [-0.39, 0.29) is 5.41 Å². The monoisotopic (exact) mass is 421 g/mol. The van der Waals surface area contributed by atoms with Crippen molar-refractivity contribution in [3.8, 4) is 11.1 Å². The van der Waals surface area contributed by atoms with Gasteiger partial charge < -0.3 is 4.43 Å². The number of hydrogen-bond donors (Lipinski definition) is 0. The summed E-state index contributed by atoms with van der Waals surface area (Å²) < 4.78 is 7.23. The maximum Gasteiger partial charge on any atom is 0.248 e. The zero-order valence-electron chi connectivity index (χ0n) is 15.3. The Morgan fingerprint density at radius 2 is 1.35 bits per heavy atom. The molecule has 0 N–H and O–H groups in total. The second kappa shape index (κ2) is 7.51. The predicted molar refractivity (Wildman–Crippen MR) is 113 cm³/mol. The molecule has 0 aliphatic heterocycles. The van der Waals surface area contributed by atoms with Crippen LogP contribution in [0.4, 0.5) is 0 Å². The lowest BCUT2D eigenvalue weighted by Crippen LogP contribution is -2.43. The molecule has 3 aromatic carbocycles. The van der Waals surface area contributed by atoms with Gasteiger partial charge in [-0.05, 0) is 39.8 Å². The van der Waals surface area contributed by atoms with Gasteiger partial charge in [0.25, 0.3) is 0 Å². The van der Waals surface area contributed by atoms with Crippen molar-refractivity contribution < 1.29 is 4.43 Å². The molecule has 1 unspecified atom stereocenters. The fourth-order valence-electron chi connectivity index (χ4n) is 3.60. The highest BCUT2D eigenvalue weighted by Crippen LogP contribution is 2.50. The number of rotatable bonds is 4. The summed E-state index contributed by atoms with van der Waals surface area (Å²) in [5.41, 5.74) is 3.74. The second-order valence-electron chi connectivity index (χ2n) is 7.45. The van der Waals surface area contributed by atoms with E-state index in [9.17, 15) is 0 Å². The van der Waals surface area contributed by atoms with Gasteiger partial charge in [-0.25, -0.2) is 0 Å². The number of halogens is 1. The van der Waals surface area contributed by atoms with Gasteiger partial charge in [0.2, 0.25) is 10.5 Å².